The molecular weight excluding hydrogens is 242 g/mol. The van der Waals surface area contributed by atoms with Gasteiger partial charge >= 0.3 is 5.97 Å². The molecule has 0 fully saturated rings. The molecule has 0 radical (unpaired) electrons. The predicted octanol–water partition coefficient (Wildman–Crippen LogP) is 1.06. The van der Waals surface area contributed by atoms with Crippen LogP contribution in [0.4, 0.5) is 5.69 Å². The third kappa shape index (κ3) is 3.10. The first-order valence-corrected chi connectivity index (χ1v) is 5.39. The highest BCUT2D eigenvalue weighted by atomic mass is 35.5. The van der Waals surface area contributed by atoms with Crippen LogP contribution >= 0.6 is 11.6 Å². The molecule has 1 rings (SSSR count). The zero-order valence-corrected chi connectivity index (χ0v) is 9.34. The SMILES string of the molecule is COC(=O)c1cc(Cl)ccc1N[SH](=O)=O. The Morgan fingerprint density at radius 1 is 1.47 bits per heavy atom. The Morgan fingerprint density at radius 3 is 2.67 bits per heavy atom. The molecule has 0 spiro atoms. The fourth-order valence-electron chi connectivity index (χ4n) is 0.991. The molecule has 0 amide bonds. The highest BCUT2D eigenvalue weighted by molar-refractivity contribution is 7.73. The minimum atomic E-state index is -2.83. The van der Waals surface area contributed by atoms with Crippen molar-refractivity contribution in [3.8, 4) is 0 Å². The molecule has 15 heavy (non-hydrogen) atoms. The van der Waals surface area contributed by atoms with Gasteiger partial charge in [0.25, 0.3) is 0 Å². The summed E-state index contributed by atoms with van der Waals surface area (Å²) in [6.45, 7) is 0. The van der Waals surface area contributed by atoms with E-state index in [0.29, 0.717) is 5.02 Å². The monoisotopic (exact) mass is 249 g/mol. The molecule has 0 saturated carbocycles. The maximum atomic E-state index is 11.3. The van der Waals surface area contributed by atoms with Gasteiger partial charge in [0.05, 0.1) is 18.4 Å². The van der Waals surface area contributed by atoms with E-state index in [1.807, 2.05) is 0 Å². The van der Waals surface area contributed by atoms with Crippen molar-refractivity contribution < 1.29 is 17.9 Å². The van der Waals surface area contributed by atoms with Gasteiger partial charge in [0.15, 0.2) is 0 Å². The van der Waals surface area contributed by atoms with Gasteiger partial charge in [0.2, 0.25) is 10.9 Å². The number of hydrogen-bond donors (Lipinski definition) is 2. The Hall–Kier alpha value is -1.27. The van der Waals surface area contributed by atoms with Crippen LogP contribution in [-0.2, 0) is 15.6 Å². The van der Waals surface area contributed by atoms with E-state index < -0.39 is 16.9 Å². The minimum Gasteiger partial charge on any atom is -0.465 e. The number of nitrogens with one attached hydrogen (secondary N) is 1. The minimum absolute atomic E-state index is 0.0733. The number of halogens is 1. The van der Waals surface area contributed by atoms with Gasteiger partial charge in [0, 0.05) is 5.02 Å². The molecule has 82 valence electrons. The lowest BCUT2D eigenvalue weighted by Gasteiger charge is -2.06. The Bertz CT molecular complexity index is 450. The molecule has 0 aliphatic rings. The number of anilines is 1. The van der Waals surface area contributed by atoms with Crippen molar-refractivity contribution in [3.63, 3.8) is 0 Å². The van der Waals surface area contributed by atoms with Crippen molar-refractivity contribution in [2.45, 2.75) is 0 Å². The second-order valence-corrected chi connectivity index (χ2v) is 3.72. The average molecular weight is 250 g/mol. The van der Waals surface area contributed by atoms with Crippen LogP contribution in [0.2, 0.25) is 5.02 Å². The summed E-state index contributed by atoms with van der Waals surface area (Å²) in [7, 11) is -1.63. The molecule has 0 bridgehead atoms. The lowest BCUT2D eigenvalue weighted by Crippen LogP contribution is -2.07. The fraction of sp³-hybridized carbons (Fsp3) is 0.125. The Kier molecular flexibility index (Phi) is 3.93. The molecule has 1 aromatic carbocycles. The molecule has 0 aliphatic heterocycles. The van der Waals surface area contributed by atoms with Gasteiger partial charge in [-0.3, -0.25) is 4.72 Å². The van der Waals surface area contributed by atoms with Crippen LogP contribution in [0.15, 0.2) is 18.2 Å². The largest absolute Gasteiger partial charge is 0.465 e. The van der Waals surface area contributed by atoms with Gasteiger partial charge in [-0.25, -0.2) is 13.2 Å². The Morgan fingerprint density at radius 2 is 2.13 bits per heavy atom. The standard InChI is InChI=1S/C8H8ClNO4S/c1-14-8(11)6-4-5(9)2-3-7(6)10-15(12)13/h2-4,15H,1H3,(H,10,12,13). The molecule has 0 heterocycles. The van der Waals surface area contributed by atoms with Crippen LogP contribution in [0.25, 0.3) is 0 Å². The number of benzene rings is 1. The van der Waals surface area contributed by atoms with Crippen molar-refractivity contribution >= 4 is 34.1 Å². The summed E-state index contributed by atoms with van der Waals surface area (Å²) in [4.78, 5) is 11.3. The van der Waals surface area contributed by atoms with Gasteiger partial charge in [0.1, 0.15) is 0 Å². The number of rotatable bonds is 3. The Labute approximate surface area is 93.1 Å². The van der Waals surface area contributed by atoms with Gasteiger partial charge in [-0.1, -0.05) is 11.6 Å². The van der Waals surface area contributed by atoms with Crippen molar-refractivity contribution in [1.29, 1.82) is 0 Å². The molecule has 7 heteroatoms. The van der Waals surface area contributed by atoms with E-state index in [2.05, 4.69) is 9.46 Å². The van der Waals surface area contributed by atoms with Crippen LogP contribution < -0.4 is 4.72 Å². The summed E-state index contributed by atoms with van der Waals surface area (Å²) < 4.78 is 27.5. The summed E-state index contributed by atoms with van der Waals surface area (Å²) in [5, 5.41) is 0.321. The van der Waals surface area contributed by atoms with E-state index in [1.165, 1.54) is 25.3 Å². The number of hydrogen-bond acceptors (Lipinski definition) is 4. The highest BCUT2D eigenvalue weighted by Gasteiger charge is 2.12. The third-order valence-electron chi connectivity index (χ3n) is 1.60. The van der Waals surface area contributed by atoms with Crippen molar-refractivity contribution in [2.24, 2.45) is 0 Å². The summed E-state index contributed by atoms with van der Waals surface area (Å²) in [6, 6.07) is 4.18. The van der Waals surface area contributed by atoms with E-state index in [0.717, 1.165) is 0 Å². The van der Waals surface area contributed by atoms with Crippen molar-refractivity contribution in [1.82, 2.24) is 0 Å². The van der Waals surface area contributed by atoms with Crippen molar-refractivity contribution in [3.05, 3.63) is 28.8 Å². The fourth-order valence-corrected chi connectivity index (χ4v) is 1.55. The topological polar surface area (TPSA) is 72.5 Å². The first kappa shape index (κ1) is 11.8. The molecule has 0 unspecified atom stereocenters. The second-order valence-electron chi connectivity index (χ2n) is 2.55. The molecule has 0 saturated heterocycles. The zero-order chi connectivity index (χ0) is 11.4. The first-order valence-electron chi connectivity index (χ1n) is 3.83. The van der Waals surface area contributed by atoms with E-state index in [-0.39, 0.29) is 11.3 Å². The molecule has 5 nitrogen and oxygen atoms in total. The van der Waals surface area contributed by atoms with Gasteiger partial charge in [-0.2, -0.15) is 0 Å². The summed E-state index contributed by atoms with van der Waals surface area (Å²) in [5.74, 6) is -0.656. The van der Waals surface area contributed by atoms with Crippen LogP contribution in [0.5, 0.6) is 0 Å². The second kappa shape index (κ2) is 4.99. The van der Waals surface area contributed by atoms with E-state index in [1.54, 1.807) is 0 Å². The number of methoxy groups -OCH3 is 1. The van der Waals surface area contributed by atoms with Gasteiger partial charge < -0.3 is 4.74 Å². The highest BCUT2D eigenvalue weighted by Crippen LogP contribution is 2.21. The summed E-state index contributed by atoms with van der Waals surface area (Å²) in [6.07, 6.45) is 0. The molecule has 0 atom stereocenters. The third-order valence-corrected chi connectivity index (χ3v) is 2.26. The summed E-state index contributed by atoms with van der Waals surface area (Å²) in [5.41, 5.74) is 0.214. The lowest BCUT2D eigenvalue weighted by molar-refractivity contribution is 0.0602. The number of carbonyl (C=O) groups excluding carboxylic acids is 1. The molecule has 0 aromatic heterocycles. The Balaban J connectivity index is 3.19. The normalized spacial score (nSPS) is 10.1. The van der Waals surface area contributed by atoms with Crippen LogP contribution in [0.3, 0.4) is 0 Å². The van der Waals surface area contributed by atoms with E-state index in [4.69, 9.17) is 11.6 Å². The van der Waals surface area contributed by atoms with Crippen LogP contribution in [0.1, 0.15) is 10.4 Å². The van der Waals surface area contributed by atoms with Gasteiger partial charge in [-0.05, 0) is 18.2 Å². The quantitative estimate of drug-likeness (QED) is 0.621. The summed E-state index contributed by atoms with van der Waals surface area (Å²) >= 11 is 5.67. The predicted molar refractivity (Wildman–Crippen MR) is 56.7 cm³/mol. The van der Waals surface area contributed by atoms with Crippen LogP contribution in [-0.4, -0.2) is 21.5 Å². The molecule has 1 N–H and O–H groups in total. The maximum absolute atomic E-state index is 11.3. The smallest absolute Gasteiger partial charge is 0.340 e. The van der Waals surface area contributed by atoms with Crippen LogP contribution in [0, 0.1) is 0 Å². The van der Waals surface area contributed by atoms with E-state index in [9.17, 15) is 13.2 Å². The first-order chi connectivity index (χ1) is 7.04. The molecule has 1 aromatic rings. The average Bonchev–Trinajstić information content (AvgIpc) is 2.19. The van der Waals surface area contributed by atoms with E-state index >= 15 is 0 Å². The number of carbonyl (C=O) groups is 1. The molecular formula is C8H8ClNO4S. The van der Waals surface area contributed by atoms with Gasteiger partial charge in [-0.15, -0.1) is 0 Å². The molecule has 0 aliphatic carbocycles. The van der Waals surface area contributed by atoms with Crippen molar-refractivity contribution in [2.75, 3.05) is 11.8 Å². The lowest BCUT2D eigenvalue weighted by atomic mass is 10.2. The number of ether oxygens (including phenoxy) is 1. The number of esters is 1. The maximum Gasteiger partial charge on any atom is 0.340 e. The zero-order valence-electron chi connectivity index (χ0n) is 7.69. The number of thiol groups is 1.